The molecule has 0 heterocycles. The molecule has 0 unspecified atom stereocenters. The Morgan fingerprint density at radius 2 is 1.58 bits per heavy atom. The van der Waals surface area contributed by atoms with Gasteiger partial charge in [0.05, 0.1) is 19.1 Å². The minimum atomic E-state index is -3.94. The summed E-state index contributed by atoms with van der Waals surface area (Å²) in [6.45, 7) is 1.75. The number of benzene rings is 3. The molecule has 0 spiro atoms. The highest BCUT2D eigenvalue weighted by Crippen LogP contribution is 2.33. The van der Waals surface area contributed by atoms with Crippen LogP contribution in [0.15, 0.2) is 78.9 Å². The van der Waals surface area contributed by atoms with Crippen LogP contribution in [0.2, 0.25) is 5.02 Å². The molecule has 0 aliphatic heterocycles. The Hall–Kier alpha value is -3.56. The number of methoxy groups -OCH3 is 1. The van der Waals surface area contributed by atoms with Gasteiger partial charge in [-0.15, -0.1) is 0 Å². The Kier molecular flexibility index (Phi) is 10.2. The third kappa shape index (κ3) is 7.72. The molecular weight excluding hydrogens is 526 g/mol. The average molecular weight is 558 g/mol. The molecular formula is C28H32ClN3O5S. The molecule has 0 radical (unpaired) electrons. The second-order valence-corrected chi connectivity index (χ2v) is 11.0. The number of nitrogens with zero attached hydrogens (tertiary/aromatic N) is 2. The van der Waals surface area contributed by atoms with Gasteiger partial charge in [0, 0.05) is 24.5 Å². The Balaban J connectivity index is 2.06. The number of carbonyl (C=O) groups excluding carboxylic acids is 2. The summed E-state index contributed by atoms with van der Waals surface area (Å²) in [5.41, 5.74) is 1.80. The first-order chi connectivity index (χ1) is 18.1. The lowest BCUT2D eigenvalue weighted by Gasteiger charge is -2.33. The zero-order chi connectivity index (χ0) is 27.7. The van der Waals surface area contributed by atoms with Gasteiger partial charge in [-0.1, -0.05) is 72.3 Å². The smallest absolute Gasteiger partial charge is 0.244 e. The maximum atomic E-state index is 14.0. The predicted octanol–water partition coefficient (Wildman–Crippen LogP) is 3.89. The first kappa shape index (κ1) is 29.0. The number of nitrogens with one attached hydrogen (secondary N) is 1. The molecule has 202 valence electrons. The maximum absolute atomic E-state index is 14.0. The molecule has 0 aromatic heterocycles. The van der Waals surface area contributed by atoms with Crippen molar-refractivity contribution < 1.29 is 22.7 Å². The third-order valence-electron chi connectivity index (χ3n) is 5.91. The van der Waals surface area contributed by atoms with Crippen LogP contribution >= 0.6 is 11.6 Å². The fourth-order valence-electron chi connectivity index (χ4n) is 4.08. The van der Waals surface area contributed by atoms with Crippen molar-refractivity contribution in [3.8, 4) is 5.75 Å². The lowest BCUT2D eigenvalue weighted by Crippen LogP contribution is -2.53. The number of anilines is 1. The Bertz CT molecular complexity index is 1340. The number of carbonyl (C=O) groups is 2. The number of halogens is 1. The Morgan fingerprint density at radius 1 is 0.974 bits per heavy atom. The molecule has 10 heteroatoms. The molecule has 0 saturated heterocycles. The van der Waals surface area contributed by atoms with Crippen molar-refractivity contribution in [3.05, 3.63) is 95.0 Å². The van der Waals surface area contributed by atoms with Gasteiger partial charge >= 0.3 is 0 Å². The van der Waals surface area contributed by atoms with Crippen LogP contribution in [0, 0.1) is 0 Å². The van der Waals surface area contributed by atoms with Crippen LogP contribution in [0.4, 0.5) is 5.69 Å². The van der Waals surface area contributed by atoms with Gasteiger partial charge in [-0.05, 0) is 36.2 Å². The molecule has 1 atom stereocenters. The van der Waals surface area contributed by atoms with Crippen molar-refractivity contribution in [2.24, 2.45) is 0 Å². The summed E-state index contributed by atoms with van der Waals surface area (Å²) < 4.78 is 32.1. The number of rotatable bonds is 12. The lowest BCUT2D eigenvalue weighted by atomic mass is 10.0. The van der Waals surface area contributed by atoms with E-state index in [1.54, 1.807) is 13.0 Å². The Morgan fingerprint density at radius 3 is 2.13 bits per heavy atom. The molecule has 8 nitrogen and oxygen atoms in total. The average Bonchev–Trinajstić information content (AvgIpc) is 2.89. The molecule has 1 N–H and O–H groups in total. The Labute approximate surface area is 229 Å². The van der Waals surface area contributed by atoms with Gasteiger partial charge in [0.15, 0.2) is 0 Å². The summed E-state index contributed by atoms with van der Waals surface area (Å²) >= 11 is 6.17. The molecule has 0 fully saturated rings. The summed E-state index contributed by atoms with van der Waals surface area (Å²) in [6.07, 6.45) is 1.26. The summed E-state index contributed by atoms with van der Waals surface area (Å²) in [4.78, 5) is 28.7. The van der Waals surface area contributed by atoms with Gasteiger partial charge in [0.2, 0.25) is 21.8 Å². The summed E-state index contributed by atoms with van der Waals surface area (Å²) in [5, 5.41) is 3.11. The highest BCUT2D eigenvalue weighted by Gasteiger charge is 2.33. The van der Waals surface area contributed by atoms with Crippen LogP contribution in [-0.4, -0.2) is 57.6 Å². The van der Waals surface area contributed by atoms with E-state index in [-0.39, 0.29) is 35.3 Å². The van der Waals surface area contributed by atoms with Crippen molar-refractivity contribution in [3.63, 3.8) is 0 Å². The highest BCUT2D eigenvalue weighted by molar-refractivity contribution is 7.92. The summed E-state index contributed by atoms with van der Waals surface area (Å²) in [7, 11) is -2.53. The maximum Gasteiger partial charge on any atom is 0.244 e. The summed E-state index contributed by atoms with van der Waals surface area (Å²) in [6, 6.07) is 22.3. The molecule has 0 aliphatic rings. The van der Waals surface area contributed by atoms with Gasteiger partial charge in [-0.3, -0.25) is 13.9 Å². The topological polar surface area (TPSA) is 96.0 Å². The van der Waals surface area contributed by atoms with Gasteiger partial charge in [-0.2, -0.15) is 0 Å². The van der Waals surface area contributed by atoms with E-state index in [1.807, 2.05) is 60.7 Å². The van der Waals surface area contributed by atoms with Crippen LogP contribution in [-0.2, 0) is 32.6 Å². The summed E-state index contributed by atoms with van der Waals surface area (Å²) in [5.74, 6) is -0.632. The van der Waals surface area contributed by atoms with E-state index in [0.717, 1.165) is 21.7 Å². The van der Waals surface area contributed by atoms with E-state index in [4.69, 9.17) is 16.3 Å². The quantitative estimate of drug-likeness (QED) is 0.364. The minimum Gasteiger partial charge on any atom is -0.495 e. The lowest BCUT2D eigenvalue weighted by molar-refractivity contribution is -0.140. The number of likely N-dealkylation sites (N-methyl/N-ethyl adjacent to an activating group) is 1. The first-order valence-electron chi connectivity index (χ1n) is 12.1. The van der Waals surface area contributed by atoms with E-state index in [9.17, 15) is 18.0 Å². The van der Waals surface area contributed by atoms with Gasteiger partial charge in [-0.25, -0.2) is 8.42 Å². The van der Waals surface area contributed by atoms with Crippen molar-refractivity contribution in [1.29, 1.82) is 0 Å². The SMILES string of the molecule is CCNC(=O)[C@H](Cc1ccccc1)N(Cc1ccccc1)C(=O)CN(c1cc(Cl)ccc1OC)S(C)(=O)=O. The predicted molar refractivity (Wildman–Crippen MR) is 150 cm³/mol. The van der Waals surface area contributed by atoms with Crippen LogP contribution in [0.5, 0.6) is 5.75 Å². The number of hydrogen-bond donors (Lipinski definition) is 1. The monoisotopic (exact) mass is 557 g/mol. The number of hydrogen-bond acceptors (Lipinski definition) is 5. The number of sulfonamides is 1. The standard InChI is InChI=1S/C28H32ClN3O5S/c1-4-30-28(34)25(17-21-11-7-5-8-12-21)31(19-22-13-9-6-10-14-22)27(33)20-32(38(3,35)36)24-18-23(29)15-16-26(24)37-2/h5-16,18,25H,4,17,19-20H2,1-3H3,(H,30,34)/t25-/m0/s1. The van der Waals surface area contributed by atoms with Crippen LogP contribution in [0.3, 0.4) is 0 Å². The van der Waals surface area contributed by atoms with Crippen LogP contribution < -0.4 is 14.4 Å². The zero-order valence-corrected chi connectivity index (χ0v) is 23.2. The van der Waals surface area contributed by atoms with E-state index < -0.39 is 28.5 Å². The van der Waals surface area contributed by atoms with Crippen LogP contribution in [0.25, 0.3) is 0 Å². The number of amides is 2. The fourth-order valence-corrected chi connectivity index (χ4v) is 5.09. The normalized spacial score (nSPS) is 11.9. The van der Waals surface area contributed by atoms with Crippen molar-refractivity contribution >= 4 is 39.1 Å². The van der Waals surface area contributed by atoms with E-state index in [1.165, 1.54) is 24.1 Å². The molecule has 3 aromatic rings. The molecule has 0 saturated carbocycles. The molecule has 38 heavy (non-hydrogen) atoms. The second kappa shape index (κ2) is 13.3. The van der Waals surface area contributed by atoms with Crippen molar-refractivity contribution in [1.82, 2.24) is 10.2 Å². The third-order valence-corrected chi connectivity index (χ3v) is 7.27. The number of ether oxygens (including phenoxy) is 1. The van der Waals surface area contributed by atoms with Gasteiger partial charge < -0.3 is 15.0 Å². The van der Waals surface area contributed by atoms with Crippen molar-refractivity contribution in [2.45, 2.75) is 25.9 Å². The molecule has 2 amide bonds. The minimum absolute atomic E-state index is 0.110. The van der Waals surface area contributed by atoms with Crippen LogP contribution in [0.1, 0.15) is 18.1 Å². The first-order valence-corrected chi connectivity index (χ1v) is 14.3. The molecule has 0 bridgehead atoms. The highest BCUT2D eigenvalue weighted by atomic mass is 35.5. The molecule has 0 aliphatic carbocycles. The molecule has 3 aromatic carbocycles. The van der Waals surface area contributed by atoms with E-state index in [2.05, 4.69) is 5.32 Å². The zero-order valence-electron chi connectivity index (χ0n) is 21.6. The molecule has 3 rings (SSSR count). The van der Waals surface area contributed by atoms with E-state index >= 15 is 0 Å². The van der Waals surface area contributed by atoms with E-state index in [0.29, 0.717) is 6.54 Å². The van der Waals surface area contributed by atoms with Gasteiger partial charge in [0.25, 0.3) is 0 Å². The largest absolute Gasteiger partial charge is 0.495 e. The van der Waals surface area contributed by atoms with Gasteiger partial charge in [0.1, 0.15) is 18.3 Å². The van der Waals surface area contributed by atoms with Crippen molar-refractivity contribution in [2.75, 3.05) is 30.8 Å². The second-order valence-electron chi connectivity index (χ2n) is 8.69. The fraction of sp³-hybridized carbons (Fsp3) is 0.286.